The van der Waals surface area contributed by atoms with Gasteiger partial charge >= 0.3 is 0 Å². The second kappa shape index (κ2) is 2.01. The Hall–Kier alpha value is -0.120. The third-order valence-corrected chi connectivity index (χ3v) is 1.08. The van der Waals surface area contributed by atoms with E-state index in [9.17, 15) is 0 Å². The third-order valence-electron chi connectivity index (χ3n) is 1.08. The van der Waals surface area contributed by atoms with Crippen molar-refractivity contribution in [2.75, 3.05) is 13.2 Å². The summed E-state index contributed by atoms with van der Waals surface area (Å²) in [5.41, 5.74) is 5.80. The second-order valence-corrected chi connectivity index (χ2v) is 2.41. The molecule has 0 aromatic heterocycles. The maximum absolute atomic E-state index is 5.29. The molecular formula is C5H12N2O. The number of hydrazine groups is 1. The highest BCUT2D eigenvalue weighted by Crippen LogP contribution is 2.03. The highest BCUT2D eigenvalue weighted by Gasteiger charge is 2.19. The first-order valence-corrected chi connectivity index (χ1v) is 2.85. The number of hydrogen-bond donors (Lipinski definition) is 2. The number of rotatable bonds is 0. The molecule has 0 saturated carbocycles. The summed E-state index contributed by atoms with van der Waals surface area (Å²) in [6, 6.07) is 0. The van der Waals surface area contributed by atoms with Crippen molar-refractivity contribution < 1.29 is 4.74 Å². The molecule has 1 heterocycles. The van der Waals surface area contributed by atoms with Crippen molar-refractivity contribution in [2.45, 2.75) is 19.6 Å². The largest absolute Gasteiger partial charge is 0.359 e. The van der Waals surface area contributed by atoms with Crippen LogP contribution in [0.25, 0.3) is 0 Å². The van der Waals surface area contributed by atoms with Gasteiger partial charge in [0.15, 0.2) is 0 Å². The smallest absolute Gasteiger partial charge is 0.125 e. The van der Waals surface area contributed by atoms with Crippen LogP contribution in [-0.4, -0.2) is 18.9 Å². The molecule has 1 fully saturated rings. The molecule has 0 amide bonds. The Morgan fingerprint density at radius 1 is 1.50 bits per heavy atom. The normalized spacial score (nSPS) is 27.8. The number of hydrogen-bond acceptors (Lipinski definition) is 3. The Kier molecular flexibility index (Phi) is 1.51. The SMILES string of the molecule is CC1(C)NNCCO1. The Morgan fingerprint density at radius 2 is 2.25 bits per heavy atom. The molecule has 1 aliphatic heterocycles. The molecule has 3 nitrogen and oxygen atoms in total. The fourth-order valence-electron chi connectivity index (χ4n) is 0.669. The summed E-state index contributed by atoms with van der Waals surface area (Å²) in [4.78, 5) is 0. The van der Waals surface area contributed by atoms with E-state index in [0.717, 1.165) is 13.2 Å². The van der Waals surface area contributed by atoms with E-state index >= 15 is 0 Å². The molecule has 0 unspecified atom stereocenters. The molecule has 0 atom stereocenters. The fraction of sp³-hybridized carbons (Fsp3) is 1.00. The minimum absolute atomic E-state index is 0.182. The molecule has 0 bridgehead atoms. The van der Waals surface area contributed by atoms with Crippen molar-refractivity contribution in [1.29, 1.82) is 0 Å². The summed E-state index contributed by atoms with van der Waals surface area (Å²) in [5.74, 6) is 0. The van der Waals surface area contributed by atoms with Crippen LogP contribution in [0.2, 0.25) is 0 Å². The van der Waals surface area contributed by atoms with Crippen LogP contribution in [0, 0.1) is 0 Å². The molecule has 0 aromatic rings. The van der Waals surface area contributed by atoms with Crippen LogP contribution in [0.3, 0.4) is 0 Å². The van der Waals surface area contributed by atoms with Gasteiger partial charge in [-0.15, -0.1) is 0 Å². The van der Waals surface area contributed by atoms with Gasteiger partial charge in [0, 0.05) is 6.54 Å². The van der Waals surface area contributed by atoms with Crippen molar-refractivity contribution in [1.82, 2.24) is 10.9 Å². The maximum atomic E-state index is 5.29. The first-order valence-electron chi connectivity index (χ1n) is 2.85. The van der Waals surface area contributed by atoms with Gasteiger partial charge in [0.1, 0.15) is 5.72 Å². The zero-order valence-corrected chi connectivity index (χ0v) is 5.32. The van der Waals surface area contributed by atoms with Crippen LogP contribution in [0.1, 0.15) is 13.8 Å². The van der Waals surface area contributed by atoms with E-state index in [1.165, 1.54) is 0 Å². The summed E-state index contributed by atoms with van der Waals surface area (Å²) < 4.78 is 5.29. The van der Waals surface area contributed by atoms with Gasteiger partial charge < -0.3 is 4.74 Å². The van der Waals surface area contributed by atoms with Crippen LogP contribution >= 0.6 is 0 Å². The van der Waals surface area contributed by atoms with E-state index in [2.05, 4.69) is 10.9 Å². The molecule has 0 radical (unpaired) electrons. The van der Waals surface area contributed by atoms with Crippen molar-refractivity contribution in [3.8, 4) is 0 Å². The lowest BCUT2D eigenvalue weighted by Gasteiger charge is -2.31. The minimum Gasteiger partial charge on any atom is -0.359 e. The summed E-state index contributed by atoms with van der Waals surface area (Å²) in [7, 11) is 0. The number of ether oxygens (including phenoxy) is 1. The molecule has 48 valence electrons. The lowest BCUT2D eigenvalue weighted by Crippen LogP contribution is -2.55. The van der Waals surface area contributed by atoms with Crippen LogP contribution in [-0.2, 0) is 4.74 Å². The van der Waals surface area contributed by atoms with E-state index in [4.69, 9.17) is 4.74 Å². The van der Waals surface area contributed by atoms with Gasteiger partial charge in [-0.25, -0.2) is 5.43 Å². The Balaban J connectivity index is 2.33. The first-order chi connectivity index (χ1) is 3.71. The second-order valence-electron chi connectivity index (χ2n) is 2.41. The standard InChI is InChI=1S/C5H12N2O/c1-5(2)7-6-3-4-8-5/h6-7H,3-4H2,1-2H3. The van der Waals surface area contributed by atoms with E-state index in [1.807, 2.05) is 13.8 Å². The lowest BCUT2D eigenvalue weighted by atomic mass is 10.3. The summed E-state index contributed by atoms with van der Waals surface area (Å²) >= 11 is 0. The molecule has 0 aromatic carbocycles. The Morgan fingerprint density at radius 3 is 2.50 bits per heavy atom. The molecule has 3 heteroatoms. The predicted molar refractivity (Wildman–Crippen MR) is 31.2 cm³/mol. The topological polar surface area (TPSA) is 33.3 Å². The van der Waals surface area contributed by atoms with E-state index < -0.39 is 0 Å². The zero-order chi connectivity index (χ0) is 6.04. The number of nitrogens with one attached hydrogen (secondary N) is 2. The molecule has 1 rings (SSSR count). The average molecular weight is 116 g/mol. The van der Waals surface area contributed by atoms with Crippen molar-refractivity contribution in [2.24, 2.45) is 0 Å². The van der Waals surface area contributed by atoms with E-state index in [1.54, 1.807) is 0 Å². The van der Waals surface area contributed by atoms with Gasteiger partial charge in [-0.2, -0.15) is 0 Å². The summed E-state index contributed by atoms with van der Waals surface area (Å²) in [6.07, 6.45) is 0. The Bertz CT molecular complexity index is 74.5. The predicted octanol–water partition coefficient (Wildman–Crippen LogP) is -0.153. The molecule has 2 N–H and O–H groups in total. The van der Waals surface area contributed by atoms with Crippen LogP contribution in [0.5, 0.6) is 0 Å². The van der Waals surface area contributed by atoms with Gasteiger partial charge in [0.05, 0.1) is 6.61 Å². The molecule has 1 aliphatic rings. The molecule has 1 saturated heterocycles. The van der Waals surface area contributed by atoms with Gasteiger partial charge in [0.25, 0.3) is 0 Å². The third kappa shape index (κ3) is 1.43. The molecule has 0 spiro atoms. The first kappa shape index (κ1) is 6.01. The van der Waals surface area contributed by atoms with Crippen molar-refractivity contribution in [3.63, 3.8) is 0 Å². The van der Waals surface area contributed by atoms with E-state index in [-0.39, 0.29) is 5.72 Å². The van der Waals surface area contributed by atoms with Crippen molar-refractivity contribution >= 4 is 0 Å². The molecule has 8 heavy (non-hydrogen) atoms. The highest BCUT2D eigenvalue weighted by atomic mass is 16.5. The molecular weight excluding hydrogens is 104 g/mol. The minimum atomic E-state index is -0.182. The fourth-order valence-corrected chi connectivity index (χ4v) is 0.669. The molecule has 0 aliphatic carbocycles. The maximum Gasteiger partial charge on any atom is 0.125 e. The van der Waals surface area contributed by atoms with Gasteiger partial charge in [0.2, 0.25) is 0 Å². The lowest BCUT2D eigenvalue weighted by molar-refractivity contribution is -0.0806. The van der Waals surface area contributed by atoms with Gasteiger partial charge in [-0.1, -0.05) is 0 Å². The Labute approximate surface area is 49.4 Å². The summed E-state index contributed by atoms with van der Waals surface area (Å²) in [6.45, 7) is 5.65. The van der Waals surface area contributed by atoms with Crippen LogP contribution in [0.4, 0.5) is 0 Å². The summed E-state index contributed by atoms with van der Waals surface area (Å²) in [5, 5.41) is 0. The zero-order valence-electron chi connectivity index (χ0n) is 5.32. The highest BCUT2D eigenvalue weighted by molar-refractivity contribution is 4.65. The average Bonchev–Trinajstić information content (AvgIpc) is 1.65. The quantitative estimate of drug-likeness (QED) is 0.461. The monoisotopic (exact) mass is 116 g/mol. The van der Waals surface area contributed by atoms with Gasteiger partial charge in [-0.3, -0.25) is 5.43 Å². The van der Waals surface area contributed by atoms with E-state index in [0.29, 0.717) is 0 Å². The van der Waals surface area contributed by atoms with Crippen LogP contribution < -0.4 is 10.9 Å². The van der Waals surface area contributed by atoms with Crippen LogP contribution in [0.15, 0.2) is 0 Å². The van der Waals surface area contributed by atoms with Crippen molar-refractivity contribution in [3.05, 3.63) is 0 Å². The van der Waals surface area contributed by atoms with Gasteiger partial charge in [-0.05, 0) is 13.8 Å².